The molecule has 0 saturated heterocycles. The first kappa shape index (κ1) is 16.3. The minimum Gasteiger partial charge on any atom is -0.423 e. The largest absolute Gasteiger partial charge is 0.423 e. The van der Waals surface area contributed by atoms with Crippen LogP contribution in [0.25, 0.3) is 0 Å². The molecule has 0 saturated carbocycles. The average molecular weight is 299 g/mol. The van der Waals surface area contributed by atoms with E-state index in [9.17, 15) is 4.79 Å². The van der Waals surface area contributed by atoms with Crippen molar-refractivity contribution >= 4 is 5.97 Å². The quantitative estimate of drug-likeness (QED) is 0.615. The lowest BCUT2D eigenvalue weighted by molar-refractivity contribution is -0.130. The van der Waals surface area contributed by atoms with Crippen molar-refractivity contribution in [3.05, 3.63) is 53.3 Å². The molecule has 0 radical (unpaired) electrons. The Morgan fingerprint density at radius 1 is 1.14 bits per heavy atom. The van der Waals surface area contributed by atoms with E-state index in [0.29, 0.717) is 24.0 Å². The number of rotatable bonds is 4. The first-order chi connectivity index (χ1) is 10.4. The SMILES string of the molecule is CC(C)c1cccc(C(C)C)c1OC(=O)C1=CC=CN(C)C1. The second kappa shape index (κ2) is 6.82. The van der Waals surface area contributed by atoms with Gasteiger partial charge in [0.1, 0.15) is 5.75 Å². The van der Waals surface area contributed by atoms with E-state index >= 15 is 0 Å². The summed E-state index contributed by atoms with van der Waals surface area (Å²) in [5.41, 5.74) is 2.85. The Hall–Kier alpha value is -2.03. The highest BCUT2D eigenvalue weighted by molar-refractivity contribution is 5.91. The van der Waals surface area contributed by atoms with Gasteiger partial charge >= 0.3 is 5.97 Å². The second-order valence-electron chi connectivity index (χ2n) is 6.41. The van der Waals surface area contributed by atoms with Crippen LogP contribution in [-0.2, 0) is 4.79 Å². The summed E-state index contributed by atoms with van der Waals surface area (Å²) in [5, 5.41) is 0. The number of nitrogens with zero attached hydrogens (tertiary/aromatic N) is 1. The minimum absolute atomic E-state index is 0.258. The molecular formula is C19H25NO2. The Morgan fingerprint density at radius 3 is 2.23 bits per heavy atom. The van der Waals surface area contributed by atoms with Gasteiger partial charge in [-0.25, -0.2) is 4.79 Å². The summed E-state index contributed by atoms with van der Waals surface area (Å²) in [5.74, 6) is 1.09. The molecule has 1 aromatic carbocycles. The molecule has 118 valence electrons. The molecular weight excluding hydrogens is 274 g/mol. The van der Waals surface area contributed by atoms with E-state index in [-0.39, 0.29) is 5.97 Å². The first-order valence-electron chi connectivity index (χ1n) is 7.82. The predicted octanol–water partition coefficient (Wildman–Crippen LogP) is 4.22. The zero-order chi connectivity index (χ0) is 16.3. The molecule has 1 aromatic rings. The molecule has 0 atom stereocenters. The standard InChI is InChI=1S/C19H25NO2/c1-13(2)16-9-6-10-17(14(3)4)18(16)22-19(21)15-8-7-11-20(5)12-15/h6-11,13-14H,12H2,1-5H3. The van der Waals surface area contributed by atoms with E-state index in [4.69, 9.17) is 4.74 Å². The van der Waals surface area contributed by atoms with Crippen LogP contribution < -0.4 is 4.74 Å². The number of hydrogen-bond acceptors (Lipinski definition) is 3. The average Bonchev–Trinajstić information content (AvgIpc) is 2.46. The van der Waals surface area contributed by atoms with Gasteiger partial charge in [-0.2, -0.15) is 0 Å². The van der Waals surface area contributed by atoms with Gasteiger partial charge < -0.3 is 9.64 Å². The summed E-state index contributed by atoms with van der Waals surface area (Å²) in [7, 11) is 1.94. The molecule has 22 heavy (non-hydrogen) atoms. The lowest BCUT2D eigenvalue weighted by Crippen LogP contribution is -2.25. The highest BCUT2D eigenvalue weighted by atomic mass is 16.5. The van der Waals surface area contributed by atoms with E-state index in [1.807, 2.05) is 48.5 Å². The Bertz CT molecular complexity index is 586. The predicted molar refractivity (Wildman–Crippen MR) is 90.1 cm³/mol. The summed E-state index contributed by atoms with van der Waals surface area (Å²) < 4.78 is 5.82. The van der Waals surface area contributed by atoms with Crippen molar-refractivity contribution in [1.82, 2.24) is 4.90 Å². The summed E-state index contributed by atoms with van der Waals surface area (Å²) in [6, 6.07) is 6.12. The molecule has 3 nitrogen and oxygen atoms in total. The molecule has 1 aliphatic heterocycles. The maximum absolute atomic E-state index is 12.5. The van der Waals surface area contributed by atoms with Gasteiger partial charge in [-0.1, -0.05) is 45.9 Å². The molecule has 0 aromatic heterocycles. The fraction of sp³-hybridized carbons (Fsp3) is 0.421. The zero-order valence-electron chi connectivity index (χ0n) is 14.1. The molecule has 0 N–H and O–H groups in total. The Morgan fingerprint density at radius 2 is 1.73 bits per heavy atom. The zero-order valence-corrected chi connectivity index (χ0v) is 14.1. The number of esters is 1. The van der Waals surface area contributed by atoms with Gasteiger partial charge in [-0.05, 0) is 41.3 Å². The maximum atomic E-state index is 12.5. The molecule has 0 amide bonds. The van der Waals surface area contributed by atoms with E-state index < -0.39 is 0 Å². The van der Waals surface area contributed by atoms with Crippen molar-refractivity contribution in [3.8, 4) is 5.75 Å². The second-order valence-corrected chi connectivity index (χ2v) is 6.41. The van der Waals surface area contributed by atoms with Crippen LogP contribution in [0.2, 0.25) is 0 Å². The molecule has 0 spiro atoms. The fourth-order valence-electron chi connectivity index (χ4n) is 2.57. The number of carbonyl (C=O) groups is 1. The molecule has 2 rings (SSSR count). The first-order valence-corrected chi connectivity index (χ1v) is 7.82. The third-order valence-electron chi connectivity index (χ3n) is 3.83. The highest BCUT2D eigenvalue weighted by Gasteiger charge is 2.21. The number of ether oxygens (including phenoxy) is 1. The van der Waals surface area contributed by atoms with E-state index in [1.165, 1.54) is 0 Å². The van der Waals surface area contributed by atoms with Crippen LogP contribution >= 0.6 is 0 Å². The van der Waals surface area contributed by atoms with E-state index in [0.717, 1.165) is 16.9 Å². The van der Waals surface area contributed by atoms with Crippen LogP contribution in [-0.4, -0.2) is 24.5 Å². The van der Waals surface area contributed by atoms with Gasteiger partial charge in [0.2, 0.25) is 0 Å². The number of carbonyl (C=O) groups excluding carboxylic acids is 1. The van der Waals surface area contributed by atoms with Gasteiger partial charge in [0, 0.05) is 13.6 Å². The molecule has 0 fully saturated rings. The smallest absolute Gasteiger partial charge is 0.341 e. The van der Waals surface area contributed by atoms with Crippen LogP contribution in [0, 0.1) is 0 Å². The van der Waals surface area contributed by atoms with E-state index in [2.05, 4.69) is 27.7 Å². The van der Waals surface area contributed by atoms with Crippen LogP contribution in [0.1, 0.15) is 50.7 Å². The maximum Gasteiger partial charge on any atom is 0.341 e. The lowest BCUT2D eigenvalue weighted by Gasteiger charge is -2.22. The van der Waals surface area contributed by atoms with Gasteiger partial charge in [-0.15, -0.1) is 0 Å². The molecule has 0 aliphatic carbocycles. The van der Waals surface area contributed by atoms with E-state index in [1.54, 1.807) is 0 Å². The summed E-state index contributed by atoms with van der Waals surface area (Å²) >= 11 is 0. The Labute approximate surface area is 133 Å². The third-order valence-corrected chi connectivity index (χ3v) is 3.83. The molecule has 0 unspecified atom stereocenters. The molecule has 0 bridgehead atoms. The molecule has 1 aliphatic rings. The minimum atomic E-state index is -0.258. The van der Waals surface area contributed by atoms with Gasteiger partial charge in [0.05, 0.1) is 5.57 Å². The van der Waals surface area contributed by atoms with Crippen LogP contribution in [0.4, 0.5) is 0 Å². The van der Waals surface area contributed by atoms with Gasteiger partial charge in [0.15, 0.2) is 0 Å². The fourth-order valence-corrected chi connectivity index (χ4v) is 2.57. The van der Waals surface area contributed by atoms with Crippen LogP contribution in [0.3, 0.4) is 0 Å². The summed E-state index contributed by atoms with van der Waals surface area (Å²) in [6.07, 6.45) is 5.64. The number of benzene rings is 1. The lowest BCUT2D eigenvalue weighted by atomic mass is 9.94. The topological polar surface area (TPSA) is 29.5 Å². The van der Waals surface area contributed by atoms with Crippen molar-refractivity contribution in [2.45, 2.75) is 39.5 Å². The monoisotopic (exact) mass is 299 g/mol. The summed E-state index contributed by atoms with van der Waals surface area (Å²) in [4.78, 5) is 14.5. The van der Waals surface area contributed by atoms with Crippen molar-refractivity contribution in [2.75, 3.05) is 13.6 Å². The Balaban J connectivity index is 2.33. The van der Waals surface area contributed by atoms with Crippen molar-refractivity contribution in [3.63, 3.8) is 0 Å². The normalized spacial score (nSPS) is 14.5. The van der Waals surface area contributed by atoms with Crippen molar-refractivity contribution < 1.29 is 9.53 Å². The van der Waals surface area contributed by atoms with Gasteiger partial charge in [0.25, 0.3) is 0 Å². The highest BCUT2D eigenvalue weighted by Crippen LogP contribution is 2.35. The van der Waals surface area contributed by atoms with Crippen LogP contribution in [0.5, 0.6) is 5.75 Å². The molecule has 3 heteroatoms. The molecule has 1 heterocycles. The summed E-state index contributed by atoms with van der Waals surface area (Å²) in [6.45, 7) is 9.05. The third kappa shape index (κ3) is 3.59. The van der Waals surface area contributed by atoms with Crippen molar-refractivity contribution in [1.29, 1.82) is 0 Å². The van der Waals surface area contributed by atoms with Crippen molar-refractivity contribution in [2.24, 2.45) is 0 Å². The van der Waals surface area contributed by atoms with Gasteiger partial charge in [-0.3, -0.25) is 0 Å². The number of hydrogen-bond donors (Lipinski definition) is 0. The number of para-hydroxylation sites is 1. The Kier molecular flexibility index (Phi) is 5.07. The number of likely N-dealkylation sites (N-methyl/N-ethyl adjacent to an activating group) is 1. The number of allylic oxidation sites excluding steroid dienone is 2. The van der Waals surface area contributed by atoms with Crippen LogP contribution in [0.15, 0.2) is 42.1 Å².